The van der Waals surface area contributed by atoms with Crippen molar-refractivity contribution in [3.8, 4) is 0 Å². The fraction of sp³-hybridized carbons (Fsp3) is 0.667. The predicted molar refractivity (Wildman–Crippen MR) is 77.4 cm³/mol. The van der Waals surface area contributed by atoms with Crippen molar-refractivity contribution in [2.24, 2.45) is 5.41 Å². The number of pyridine rings is 1. The van der Waals surface area contributed by atoms with Crippen LogP contribution in [0.5, 0.6) is 0 Å². The molecule has 1 aromatic rings. The van der Waals surface area contributed by atoms with Crippen LogP contribution in [0.3, 0.4) is 0 Å². The minimum Gasteiger partial charge on any atom is -0.314 e. The van der Waals surface area contributed by atoms with Crippen LogP contribution in [-0.2, 0) is 13.1 Å². The smallest absolute Gasteiger partial charge is 0.0547 e. The molecule has 0 radical (unpaired) electrons. The largest absolute Gasteiger partial charge is 0.314 e. The number of hydrogen-bond acceptors (Lipinski definition) is 3. The highest BCUT2D eigenvalue weighted by Gasteiger charge is 2.23. The van der Waals surface area contributed by atoms with Crippen molar-refractivity contribution < 1.29 is 0 Å². The summed E-state index contributed by atoms with van der Waals surface area (Å²) in [6.07, 6.45) is 0. The van der Waals surface area contributed by atoms with E-state index in [0.29, 0.717) is 6.04 Å². The first-order chi connectivity index (χ1) is 8.34. The van der Waals surface area contributed by atoms with Gasteiger partial charge in [-0.1, -0.05) is 26.8 Å². The van der Waals surface area contributed by atoms with Crippen LogP contribution in [0.15, 0.2) is 18.2 Å². The van der Waals surface area contributed by atoms with Gasteiger partial charge in [0, 0.05) is 19.1 Å². The Morgan fingerprint density at radius 1 is 1.28 bits per heavy atom. The van der Waals surface area contributed by atoms with E-state index in [9.17, 15) is 0 Å². The molecule has 0 aliphatic heterocycles. The highest BCUT2D eigenvalue weighted by Crippen LogP contribution is 2.23. The van der Waals surface area contributed by atoms with Crippen molar-refractivity contribution in [3.63, 3.8) is 0 Å². The van der Waals surface area contributed by atoms with Crippen molar-refractivity contribution in [2.45, 2.75) is 46.8 Å². The first-order valence-electron chi connectivity index (χ1n) is 6.64. The molecule has 0 saturated heterocycles. The lowest BCUT2D eigenvalue weighted by molar-refractivity contribution is 0.133. The first kappa shape index (κ1) is 15.1. The van der Waals surface area contributed by atoms with Gasteiger partial charge in [0.1, 0.15) is 0 Å². The minimum atomic E-state index is 0.289. The summed E-state index contributed by atoms with van der Waals surface area (Å²) in [5.74, 6) is 0. The molecule has 0 aromatic carbocycles. The standard InChI is InChI=1S/C15H27N3/c1-12(15(2,3)4)18(6)11-14-9-7-8-13(17-14)10-16-5/h7-9,12,16H,10-11H2,1-6H3. The molecule has 1 N–H and O–H groups in total. The van der Waals surface area contributed by atoms with Crippen LogP contribution in [0.4, 0.5) is 0 Å². The van der Waals surface area contributed by atoms with E-state index in [1.165, 1.54) is 0 Å². The SMILES string of the molecule is CNCc1cccc(CN(C)C(C)C(C)(C)C)n1. The lowest BCUT2D eigenvalue weighted by Gasteiger charge is -2.35. The number of nitrogens with zero attached hydrogens (tertiary/aromatic N) is 2. The molecule has 3 nitrogen and oxygen atoms in total. The average molecular weight is 249 g/mol. The van der Waals surface area contributed by atoms with Gasteiger partial charge in [-0.3, -0.25) is 9.88 Å². The lowest BCUT2D eigenvalue weighted by atomic mass is 9.87. The van der Waals surface area contributed by atoms with Gasteiger partial charge in [0.05, 0.1) is 11.4 Å². The Bertz CT molecular complexity index is 368. The normalized spacial score (nSPS) is 13.9. The summed E-state index contributed by atoms with van der Waals surface area (Å²) in [6.45, 7) is 10.8. The zero-order valence-electron chi connectivity index (χ0n) is 12.6. The maximum atomic E-state index is 4.66. The van der Waals surface area contributed by atoms with Crippen molar-refractivity contribution in [2.75, 3.05) is 14.1 Å². The molecule has 3 heteroatoms. The average Bonchev–Trinajstić information content (AvgIpc) is 2.27. The van der Waals surface area contributed by atoms with Gasteiger partial charge >= 0.3 is 0 Å². The van der Waals surface area contributed by atoms with E-state index in [4.69, 9.17) is 0 Å². The van der Waals surface area contributed by atoms with Gasteiger partial charge in [0.2, 0.25) is 0 Å². The number of hydrogen-bond donors (Lipinski definition) is 1. The first-order valence-corrected chi connectivity index (χ1v) is 6.64. The molecule has 1 atom stereocenters. The summed E-state index contributed by atoms with van der Waals surface area (Å²) in [7, 11) is 4.12. The summed E-state index contributed by atoms with van der Waals surface area (Å²) in [5, 5.41) is 3.14. The molecule has 1 rings (SSSR count). The second-order valence-corrected chi connectivity index (χ2v) is 6.11. The summed E-state index contributed by atoms with van der Waals surface area (Å²) >= 11 is 0. The minimum absolute atomic E-state index is 0.289. The molecule has 0 saturated carbocycles. The molecule has 1 heterocycles. The molecule has 0 bridgehead atoms. The highest BCUT2D eigenvalue weighted by molar-refractivity contribution is 5.11. The van der Waals surface area contributed by atoms with E-state index in [-0.39, 0.29) is 5.41 Å². The highest BCUT2D eigenvalue weighted by atomic mass is 15.1. The molecular formula is C15H27N3. The second-order valence-electron chi connectivity index (χ2n) is 6.11. The van der Waals surface area contributed by atoms with Gasteiger partial charge < -0.3 is 5.32 Å². The van der Waals surface area contributed by atoms with Crippen LogP contribution >= 0.6 is 0 Å². The zero-order chi connectivity index (χ0) is 13.8. The summed E-state index contributed by atoms with van der Waals surface area (Å²) in [5.41, 5.74) is 2.53. The van der Waals surface area contributed by atoms with Gasteiger partial charge in [-0.25, -0.2) is 0 Å². The number of aromatic nitrogens is 1. The third-order valence-electron chi connectivity index (χ3n) is 3.55. The molecular weight excluding hydrogens is 222 g/mol. The maximum absolute atomic E-state index is 4.66. The fourth-order valence-electron chi connectivity index (χ4n) is 1.95. The lowest BCUT2D eigenvalue weighted by Crippen LogP contribution is -2.39. The Morgan fingerprint density at radius 3 is 2.44 bits per heavy atom. The van der Waals surface area contributed by atoms with Crippen molar-refractivity contribution in [3.05, 3.63) is 29.6 Å². The van der Waals surface area contributed by atoms with Crippen LogP contribution < -0.4 is 5.32 Å². The molecule has 1 unspecified atom stereocenters. The Hall–Kier alpha value is -0.930. The van der Waals surface area contributed by atoms with Crippen molar-refractivity contribution in [1.82, 2.24) is 15.2 Å². The van der Waals surface area contributed by atoms with Gasteiger partial charge in [0.15, 0.2) is 0 Å². The Balaban J connectivity index is 2.69. The Morgan fingerprint density at radius 2 is 1.89 bits per heavy atom. The quantitative estimate of drug-likeness (QED) is 0.869. The van der Waals surface area contributed by atoms with Gasteiger partial charge in [-0.05, 0) is 38.6 Å². The monoisotopic (exact) mass is 249 g/mol. The van der Waals surface area contributed by atoms with Crippen LogP contribution in [0.2, 0.25) is 0 Å². The zero-order valence-corrected chi connectivity index (χ0v) is 12.6. The molecule has 1 aromatic heterocycles. The molecule has 0 spiro atoms. The fourth-order valence-corrected chi connectivity index (χ4v) is 1.95. The summed E-state index contributed by atoms with van der Waals surface area (Å²) < 4.78 is 0. The third-order valence-corrected chi connectivity index (χ3v) is 3.55. The number of rotatable bonds is 5. The van der Waals surface area contributed by atoms with E-state index in [2.05, 4.69) is 68.1 Å². The van der Waals surface area contributed by atoms with Crippen molar-refractivity contribution >= 4 is 0 Å². The molecule has 0 aliphatic rings. The van der Waals surface area contributed by atoms with Crippen LogP contribution in [0.1, 0.15) is 39.1 Å². The van der Waals surface area contributed by atoms with Gasteiger partial charge in [0.25, 0.3) is 0 Å². The van der Waals surface area contributed by atoms with Crippen molar-refractivity contribution in [1.29, 1.82) is 0 Å². The third kappa shape index (κ3) is 4.39. The van der Waals surface area contributed by atoms with E-state index in [0.717, 1.165) is 24.5 Å². The van der Waals surface area contributed by atoms with Gasteiger partial charge in [-0.15, -0.1) is 0 Å². The Kier molecular flexibility index (Phi) is 5.29. The number of nitrogens with one attached hydrogen (secondary N) is 1. The van der Waals surface area contributed by atoms with E-state index < -0.39 is 0 Å². The second kappa shape index (κ2) is 6.30. The molecule has 102 valence electrons. The topological polar surface area (TPSA) is 28.2 Å². The van der Waals surface area contributed by atoms with E-state index in [1.807, 2.05) is 7.05 Å². The molecule has 0 aliphatic carbocycles. The molecule has 0 amide bonds. The predicted octanol–water partition coefficient (Wildman–Crippen LogP) is 2.67. The van der Waals surface area contributed by atoms with E-state index in [1.54, 1.807) is 0 Å². The summed E-state index contributed by atoms with van der Waals surface area (Å²) in [4.78, 5) is 7.03. The maximum Gasteiger partial charge on any atom is 0.0547 e. The van der Waals surface area contributed by atoms with Gasteiger partial charge in [-0.2, -0.15) is 0 Å². The summed E-state index contributed by atoms with van der Waals surface area (Å²) in [6, 6.07) is 6.77. The van der Waals surface area contributed by atoms with Crippen LogP contribution in [0, 0.1) is 5.41 Å². The van der Waals surface area contributed by atoms with Crippen LogP contribution in [0.25, 0.3) is 0 Å². The molecule has 18 heavy (non-hydrogen) atoms. The molecule has 0 fully saturated rings. The Labute approximate surface area is 112 Å². The van der Waals surface area contributed by atoms with Crippen LogP contribution in [-0.4, -0.2) is 30.0 Å². The van der Waals surface area contributed by atoms with E-state index >= 15 is 0 Å².